The number of carbonyl (C=O) groups excluding carboxylic acids is 1. The summed E-state index contributed by atoms with van der Waals surface area (Å²) < 4.78 is 26.2. The normalized spacial score (nSPS) is 14.4. The Morgan fingerprint density at radius 1 is 1.02 bits per heavy atom. The van der Waals surface area contributed by atoms with Gasteiger partial charge in [-0.25, -0.2) is 29.6 Å². The van der Waals surface area contributed by atoms with Crippen molar-refractivity contribution in [1.29, 1.82) is 0 Å². The predicted octanol–water partition coefficient (Wildman–Crippen LogP) is 3.06. The fourth-order valence-corrected chi connectivity index (χ4v) is 6.89. The van der Waals surface area contributed by atoms with E-state index in [4.69, 9.17) is 40.8 Å². The lowest BCUT2D eigenvalue weighted by atomic mass is 10.1. The standard InChI is InChI=1S/C23H28N8O4.C15H15N7O/c1-33-19-17(35-10-2-6-30-8-11-34-12-9-30)4-3-16-18(19)28-23(31-7-5-25-20(16)31)29-21(32)15-13-26-22(24)27-14-15;1-7(2)22-14-11(13(16)18-6-19-14)12(21-22)8-3-4-10-9(5-8)20-15(17)23-10/h3-4,13-14,25H,2,5-12H2,1H3,(H2,24,26,27);3-7H,1-2H3,(H2,17,20)(H2,16,18,19). The lowest BCUT2D eigenvalue weighted by Gasteiger charge is -2.26. The Hall–Kier alpha value is -6.93. The summed E-state index contributed by atoms with van der Waals surface area (Å²) in [5.41, 5.74) is 21.8. The molecular weight excluding hydrogens is 747 g/mol. The molecule has 7 aromatic rings. The zero-order valence-electron chi connectivity index (χ0n) is 32.3. The summed E-state index contributed by atoms with van der Waals surface area (Å²) in [6, 6.07) is 9.70. The number of benzene rings is 2. The van der Waals surface area contributed by atoms with Crippen LogP contribution in [-0.4, -0.2) is 108 Å². The first-order valence-electron chi connectivity index (χ1n) is 18.8. The van der Waals surface area contributed by atoms with E-state index in [9.17, 15) is 4.79 Å². The zero-order chi connectivity index (χ0) is 40.3. The number of carbonyl (C=O) groups is 1. The van der Waals surface area contributed by atoms with Crippen LogP contribution >= 0.6 is 0 Å². The second kappa shape index (κ2) is 16.3. The molecule has 7 heterocycles. The topological polar surface area (TPSA) is 264 Å². The Labute approximate surface area is 331 Å². The molecule has 2 aliphatic rings. The fourth-order valence-electron chi connectivity index (χ4n) is 6.89. The van der Waals surface area contributed by atoms with E-state index in [1.807, 2.05) is 53.4 Å². The molecule has 1 amide bonds. The molecule has 5 aromatic heterocycles. The van der Waals surface area contributed by atoms with Crippen LogP contribution in [0.2, 0.25) is 0 Å². The second-order valence-electron chi connectivity index (χ2n) is 13.8. The van der Waals surface area contributed by atoms with Gasteiger partial charge in [0.2, 0.25) is 11.6 Å². The summed E-state index contributed by atoms with van der Waals surface area (Å²) in [6.45, 7) is 10.4. The second-order valence-corrected chi connectivity index (χ2v) is 13.8. The van der Waals surface area contributed by atoms with Crippen LogP contribution in [0.5, 0.6) is 11.5 Å². The van der Waals surface area contributed by atoms with Crippen molar-refractivity contribution in [2.75, 3.05) is 75.6 Å². The maximum atomic E-state index is 12.8. The first-order valence-corrected chi connectivity index (χ1v) is 18.8. The van der Waals surface area contributed by atoms with Gasteiger partial charge in [0.25, 0.3) is 11.9 Å². The number of nitrogen functional groups attached to an aromatic ring is 3. The van der Waals surface area contributed by atoms with Crippen molar-refractivity contribution in [2.24, 2.45) is 4.99 Å². The van der Waals surface area contributed by atoms with Gasteiger partial charge in [0.1, 0.15) is 34.7 Å². The van der Waals surface area contributed by atoms with E-state index in [2.05, 4.69) is 45.2 Å². The third-order valence-corrected chi connectivity index (χ3v) is 9.69. The van der Waals surface area contributed by atoms with Crippen LogP contribution in [0, 0.1) is 0 Å². The van der Waals surface area contributed by atoms with E-state index < -0.39 is 5.91 Å². The SMILES string of the molecule is CC(C)n1nc(-c2ccc3oc(N)nc3c2)c2c(N)ncnc21.COc1c(OCCCN2CCOCC2)ccc2c3n(c(=NC(=O)c4cnc(N)nc4)nc12)CCN3. The molecule has 7 N–H and O–H groups in total. The van der Waals surface area contributed by atoms with Crippen LogP contribution in [0.3, 0.4) is 0 Å². The summed E-state index contributed by atoms with van der Waals surface area (Å²) >= 11 is 0. The fraction of sp³-hybridized carbons (Fsp3) is 0.342. The van der Waals surface area contributed by atoms with Crippen molar-refractivity contribution in [3.63, 3.8) is 0 Å². The maximum absolute atomic E-state index is 12.8. The number of fused-ring (bicyclic) bond motifs is 5. The summed E-state index contributed by atoms with van der Waals surface area (Å²) in [5, 5.41) is 9.64. The third-order valence-electron chi connectivity index (χ3n) is 9.69. The number of oxazole rings is 1. The number of hydrogen-bond acceptors (Lipinski definition) is 17. The van der Waals surface area contributed by atoms with Crippen molar-refractivity contribution in [2.45, 2.75) is 32.9 Å². The Morgan fingerprint density at radius 3 is 2.60 bits per heavy atom. The van der Waals surface area contributed by atoms with Gasteiger partial charge in [-0.2, -0.15) is 15.1 Å². The highest BCUT2D eigenvalue weighted by Crippen LogP contribution is 2.37. The number of ether oxygens (including phenoxy) is 3. The van der Waals surface area contributed by atoms with Gasteiger partial charge >= 0.3 is 0 Å². The number of anilines is 4. The van der Waals surface area contributed by atoms with E-state index in [-0.39, 0.29) is 29.2 Å². The highest BCUT2D eigenvalue weighted by molar-refractivity contribution is 6.00. The molecule has 2 aromatic carbocycles. The van der Waals surface area contributed by atoms with E-state index >= 15 is 0 Å². The molecular formula is C38H43N15O5. The van der Waals surface area contributed by atoms with Crippen LogP contribution in [-0.2, 0) is 11.3 Å². The van der Waals surface area contributed by atoms with Crippen molar-refractivity contribution in [3.8, 4) is 22.8 Å². The number of morpholine rings is 1. The summed E-state index contributed by atoms with van der Waals surface area (Å²) in [4.78, 5) is 44.4. The quantitative estimate of drug-likeness (QED) is 0.153. The van der Waals surface area contributed by atoms with Gasteiger partial charge in [-0.05, 0) is 50.6 Å². The predicted molar refractivity (Wildman–Crippen MR) is 216 cm³/mol. The molecule has 9 rings (SSSR count). The Balaban J connectivity index is 0.000000176. The third kappa shape index (κ3) is 7.61. The number of hydrogen-bond donors (Lipinski definition) is 4. The van der Waals surface area contributed by atoms with Gasteiger partial charge in [-0.15, -0.1) is 0 Å². The molecule has 0 saturated carbocycles. The van der Waals surface area contributed by atoms with Crippen molar-refractivity contribution < 1.29 is 23.4 Å². The van der Waals surface area contributed by atoms with Gasteiger partial charge in [-0.3, -0.25) is 14.3 Å². The van der Waals surface area contributed by atoms with E-state index in [0.717, 1.165) is 67.1 Å². The number of aromatic nitrogens is 9. The molecule has 0 unspecified atom stereocenters. The molecule has 0 aliphatic carbocycles. The van der Waals surface area contributed by atoms with Crippen molar-refractivity contribution in [3.05, 3.63) is 60.2 Å². The van der Waals surface area contributed by atoms with Gasteiger partial charge < -0.3 is 41.1 Å². The summed E-state index contributed by atoms with van der Waals surface area (Å²) in [5.74, 6) is 1.91. The minimum atomic E-state index is -0.507. The molecule has 2 aliphatic heterocycles. The van der Waals surface area contributed by atoms with Crippen LogP contribution in [0.1, 0.15) is 36.7 Å². The minimum absolute atomic E-state index is 0.0899. The van der Waals surface area contributed by atoms with Crippen LogP contribution in [0.25, 0.3) is 44.3 Å². The Morgan fingerprint density at radius 2 is 1.83 bits per heavy atom. The highest BCUT2D eigenvalue weighted by atomic mass is 16.5. The number of methoxy groups -OCH3 is 1. The highest BCUT2D eigenvalue weighted by Gasteiger charge is 2.22. The molecule has 1 saturated heterocycles. The van der Waals surface area contributed by atoms with Gasteiger partial charge in [0.15, 0.2) is 22.7 Å². The number of amides is 1. The first kappa shape index (κ1) is 38.0. The zero-order valence-corrected chi connectivity index (χ0v) is 32.3. The number of nitrogens with one attached hydrogen (secondary N) is 1. The largest absolute Gasteiger partial charge is 0.491 e. The average Bonchev–Trinajstić information content (AvgIpc) is 3.98. The summed E-state index contributed by atoms with van der Waals surface area (Å²) in [7, 11) is 1.58. The summed E-state index contributed by atoms with van der Waals surface area (Å²) in [6.07, 6.45) is 5.03. The lowest BCUT2D eigenvalue weighted by Crippen LogP contribution is -2.37. The van der Waals surface area contributed by atoms with Crippen molar-refractivity contribution in [1.82, 2.24) is 49.2 Å². The van der Waals surface area contributed by atoms with E-state index in [1.165, 1.54) is 18.7 Å². The number of rotatable bonds is 9. The van der Waals surface area contributed by atoms with Crippen LogP contribution < -0.4 is 37.6 Å². The molecule has 58 heavy (non-hydrogen) atoms. The molecule has 0 spiro atoms. The molecule has 300 valence electrons. The van der Waals surface area contributed by atoms with Gasteiger partial charge in [-0.1, -0.05) is 0 Å². The molecule has 0 atom stereocenters. The number of nitrogens with zero attached hydrogens (tertiary/aromatic N) is 11. The smallest absolute Gasteiger partial charge is 0.292 e. The molecule has 0 bridgehead atoms. The monoisotopic (exact) mass is 789 g/mol. The van der Waals surface area contributed by atoms with Crippen LogP contribution in [0.4, 0.5) is 23.6 Å². The van der Waals surface area contributed by atoms with E-state index in [0.29, 0.717) is 59.3 Å². The molecule has 20 heteroatoms. The first-order chi connectivity index (χ1) is 28.2. The van der Waals surface area contributed by atoms with Crippen LogP contribution in [0.15, 0.2) is 58.5 Å². The van der Waals surface area contributed by atoms with E-state index in [1.54, 1.807) is 7.11 Å². The van der Waals surface area contributed by atoms with Gasteiger partial charge in [0.05, 0.1) is 37.9 Å². The molecule has 20 nitrogen and oxygen atoms in total. The average molecular weight is 790 g/mol. The molecule has 1 fully saturated rings. The Bertz CT molecular complexity index is 2680. The molecule has 0 radical (unpaired) electrons. The lowest BCUT2D eigenvalue weighted by molar-refractivity contribution is 0.0357. The van der Waals surface area contributed by atoms with Crippen molar-refractivity contribution >= 4 is 62.5 Å². The minimum Gasteiger partial charge on any atom is -0.491 e. The Kier molecular flexibility index (Phi) is 10.7. The number of nitrogens with two attached hydrogens (primary N) is 3. The van der Waals surface area contributed by atoms with Gasteiger partial charge in [0, 0.05) is 62.1 Å². The maximum Gasteiger partial charge on any atom is 0.292 e.